The molecule has 4 heteroatoms. The Kier molecular flexibility index (Phi) is 8.99. The summed E-state index contributed by atoms with van der Waals surface area (Å²) in [7, 11) is 0. The molecule has 0 radical (unpaired) electrons. The van der Waals surface area contributed by atoms with Gasteiger partial charge in [-0.1, -0.05) is 153 Å². The molecular formula is C56H67BN2S. The molecule has 2 nitrogen and oxygen atoms in total. The molecule has 0 bridgehead atoms. The van der Waals surface area contributed by atoms with Crippen molar-refractivity contribution >= 4 is 78.0 Å². The number of thiophene rings is 1. The van der Waals surface area contributed by atoms with Crippen LogP contribution in [0.1, 0.15) is 157 Å². The van der Waals surface area contributed by atoms with Crippen molar-refractivity contribution in [3.8, 4) is 0 Å². The number of benzene rings is 5. The Morgan fingerprint density at radius 2 is 1.03 bits per heavy atom. The summed E-state index contributed by atoms with van der Waals surface area (Å²) >= 11 is 2.00. The number of nitrogens with zero attached hydrogens (tertiary/aromatic N) is 2. The Hall–Kier alpha value is -4.28. The molecule has 0 spiro atoms. The summed E-state index contributed by atoms with van der Waals surface area (Å²) in [6, 6.07) is 36.7. The van der Waals surface area contributed by atoms with E-state index in [4.69, 9.17) is 0 Å². The summed E-state index contributed by atoms with van der Waals surface area (Å²) in [4.78, 5) is 5.37. The maximum Gasteiger partial charge on any atom is 0.264 e. The zero-order valence-corrected chi connectivity index (χ0v) is 40.3. The van der Waals surface area contributed by atoms with Crippen molar-refractivity contribution < 1.29 is 0 Å². The third-order valence-electron chi connectivity index (χ3n) is 14.3. The first kappa shape index (κ1) is 41.1. The topological polar surface area (TPSA) is 6.48 Å². The highest BCUT2D eigenvalue weighted by atomic mass is 32.1. The summed E-state index contributed by atoms with van der Waals surface area (Å²) in [5.74, 6) is 0. The van der Waals surface area contributed by atoms with Gasteiger partial charge in [-0.25, -0.2) is 0 Å². The van der Waals surface area contributed by atoms with Crippen LogP contribution < -0.4 is 25.5 Å². The highest BCUT2D eigenvalue weighted by Gasteiger charge is 2.47. The van der Waals surface area contributed by atoms with Crippen molar-refractivity contribution in [3.63, 3.8) is 0 Å². The second kappa shape index (κ2) is 13.1. The van der Waals surface area contributed by atoms with Crippen molar-refractivity contribution in [1.29, 1.82) is 0 Å². The van der Waals surface area contributed by atoms with Crippen LogP contribution in [-0.4, -0.2) is 6.71 Å². The fraction of sp³-hybridized carbons (Fsp3) is 0.429. The molecule has 0 amide bonds. The molecule has 0 N–H and O–H groups in total. The van der Waals surface area contributed by atoms with Gasteiger partial charge in [0.2, 0.25) is 0 Å². The maximum absolute atomic E-state index is 2.69. The van der Waals surface area contributed by atoms with E-state index in [-0.39, 0.29) is 39.2 Å². The van der Waals surface area contributed by atoms with Gasteiger partial charge in [0.25, 0.3) is 6.71 Å². The molecule has 3 aliphatic rings. The Morgan fingerprint density at radius 3 is 1.63 bits per heavy atom. The monoisotopic (exact) mass is 811 g/mol. The van der Waals surface area contributed by atoms with Gasteiger partial charge >= 0.3 is 0 Å². The highest BCUT2D eigenvalue weighted by molar-refractivity contribution is 7.33. The van der Waals surface area contributed by atoms with E-state index in [2.05, 4.69) is 212 Å². The predicted octanol–water partition coefficient (Wildman–Crippen LogP) is 14.5. The number of anilines is 6. The lowest BCUT2D eigenvalue weighted by Gasteiger charge is -2.46. The number of hydrogen-bond donors (Lipinski definition) is 0. The molecular weight excluding hydrogens is 744 g/mol. The van der Waals surface area contributed by atoms with Gasteiger partial charge in [-0.05, 0) is 138 Å². The van der Waals surface area contributed by atoms with Crippen LogP contribution in [0.5, 0.6) is 0 Å². The lowest BCUT2D eigenvalue weighted by molar-refractivity contribution is 0.332. The molecule has 0 saturated heterocycles. The number of hydrogen-bond acceptors (Lipinski definition) is 3. The lowest BCUT2D eigenvalue weighted by Crippen LogP contribution is -2.60. The van der Waals surface area contributed by atoms with Gasteiger partial charge < -0.3 is 9.80 Å². The predicted molar refractivity (Wildman–Crippen MR) is 266 cm³/mol. The summed E-state index contributed by atoms with van der Waals surface area (Å²) < 4.78 is 2.79. The number of rotatable bonds is 2. The molecule has 6 aromatic rings. The summed E-state index contributed by atoms with van der Waals surface area (Å²) in [5, 5.41) is 1.34. The van der Waals surface area contributed by atoms with Crippen molar-refractivity contribution in [2.75, 3.05) is 9.80 Å². The highest BCUT2D eigenvalue weighted by Crippen LogP contribution is 2.53. The fourth-order valence-electron chi connectivity index (χ4n) is 10.2. The van der Waals surface area contributed by atoms with E-state index in [1.165, 1.54) is 106 Å². The van der Waals surface area contributed by atoms with E-state index in [0.717, 1.165) is 0 Å². The van der Waals surface area contributed by atoms with Crippen LogP contribution in [0.4, 0.5) is 34.1 Å². The van der Waals surface area contributed by atoms with Crippen LogP contribution in [0, 0.1) is 0 Å². The largest absolute Gasteiger partial charge is 0.311 e. The van der Waals surface area contributed by atoms with Gasteiger partial charge in [-0.3, -0.25) is 0 Å². The SMILES string of the molecule is CC(C)(C)c1cc(N2c3cc(C(C)(C)C)ccc3B3c4sc5ccccc5c4N(c4ccc5c(c4)C(C)(C)CCC5(C)C)c4cc(C(C)(C)C)cc2c43)cc(C(C)(C)C)c1. The van der Waals surface area contributed by atoms with E-state index in [1.54, 1.807) is 0 Å². The van der Waals surface area contributed by atoms with E-state index in [1.807, 2.05) is 11.3 Å². The minimum absolute atomic E-state index is 0.00977. The Bertz CT molecular complexity index is 2680. The maximum atomic E-state index is 2.69. The van der Waals surface area contributed by atoms with Gasteiger partial charge in [0, 0.05) is 43.3 Å². The van der Waals surface area contributed by atoms with Crippen LogP contribution in [0.15, 0.2) is 91.0 Å². The molecule has 0 fully saturated rings. The van der Waals surface area contributed by atoms with E-state index in [0.29, 0.717) is 0 Å². The third kappa shape index (κ3) is 6.49. The first-order valence-corrected chi connectivity index (χ1v) is 23.3. The van der Waals surface area contributed by atoms with Crippen LogP contribution >= 0.6 is 11.3 Å². The normalized spacial score (nSPS) is 17.0. The van der Waals surface area contributed by atoms with Crippen LogP contribution in [0.25, 0.3) is 10.1 Å². The third-order valence-corrected chi connectivity index (χ3v) is 15.5. The van der Waals surface area contributed by atoms with Gasteiger partial charge in [-0.15, -0.1) is 11.3 Å². The molecule has 0 unspecified atom stereocenters. The minimum atomic E-state index is -0.0887. The van der Waals surface area contributed by atoms with E-state index >= 15 is 0 Å². The average Bonchev–Trinajstić information content (AvgIpc) is 3.53. The van der Waals surface area contributed by atoms with Crippen molar-refractivity contribution in [3.05, 3.63) is 124 Å². The first-order chi connectivity index (χ1) is 27.8. The summed E-state index contributed by atoms with van der Waals surface area (Å²) in [6.07, 6.45) is 2.39. The van der Waals surface area contributed by atoms with Crippen molar-refractivity contribution in [2.45, 2.75) is 156 Å². The molecule has 2 aliphatic heterocycles. The average molecular weight is 811 g/mol. The Balaban J connectivity index is 1.44. The quantitative estimate of drug-likeness (QED) is 0.161. The lowest BCUT2D eigenvalue weighted by atomic mass is 9.36. The van der Waals surface area contributed by atoms with Crippen LogP contribution in [0.2, 0.25) is 0 Å². The number of fused-ring (bicyclic) bond motifs is 7. The van der Waals surface area contributed by atoms with Crippen molar-refractivity contribution in [1.82, 2.24) is 0 Å². The van der Waals surface area contributed by atoms with Crippen LogP contribution in [0.3, 0.4) is 0 Å². The Morgan fingerprint density at radius 1 is 0.500 bits per heavy atom. The second-order valence-corrected chi connectivity index (χ2v) is 25.0. The van der Waals surface area contributed by atoms with E-state index in [9.17, 15) is 0 Å². The zero-order chi connectivity index (χ0) is 43.3. The van der Waals surface area contributed by atoms with Gasteiger partial charge in [0.15, 0.2) is 0 Å². The molecule has 3 heterocycles. The van der Waals surface area contributed by atoms with Crippen molar-refractivity contribution in [2.24, 2.45) is 0 Å². The smallest absolute Gasteiger partial charge is 0.264 e. The summed E-state index contributed by atoms with van der Waals surface area (Å²) in [5.41, 5.74) is 19.1. The molecule has 0 atom stereocenters. The molecule has 1 aliphatic carbocycles. The standard InChI is InChI=1S/C56H67BN2S/c1-51(2,3)34-21-24-43-44(30-34)58(39-28-35(52(4,5)6)27-36(29-39)53(7,8)9)45-31-37(54(10,11)12)32-46-48(45)57(43)50-49(40-19-17-18-20-47(40)60-50)59(46)38-22-23-41-42(33-38)56(15,16)26-25-55(41,13)14/h17-24,27-33H,25-26H2,1-16H3. The first-order valence-electron chi connectivity index (χ1n) is 22.5. The molecule has 9 rings (SSSR count). The molecule has 0 saturated carbocycles. The zero-order valence-electron chi connectivity index (χ0n) is 39.5. The fourth-order valence-corrected chi connectivity index (χ4v) is 11.5. The molecule has 310 valence electrons. The Labute approximate surface area is 366 Å². The molecule has 60 heavy (non-hydrogen) atoms. The molecule has 5 aromatic carbocycles. The minimum Gasteiger partial charge on any atom is -0.311 e. The summed E-state index contributed by atoms with van der Waals surface area (Å²) in [6.45, 7) is 38.3. The second-order valence-electron chi connectivity index (χ2n) is 23.9. The molecule has 1 aromatic heterocycles. The van der Waals surface area contributed by atoms with Crippen LogP contribution in [-0.2, 0) is 32.5 Å². The van der Waals surface area contributed by atoms with E-state index < -0.39 is 0 Å². The van der Waals surface area contributed by atoms with Gasteiger partial charge in [-0.2, -0.15) is 0 Å². The van der Waals surface area contributed by atoms with Gasteiger partial charge in [0.1, 0.15) is 0 Å². The van der Waals surface area contributed by atoms with Gasteiger partial charge in [0.05, 0.1) is 5.69 Å².